The van der Waals surface area contributed by atoms with Gasteiger partial charge in [-0.05, 0) is 19.1 Å². The van der Waals surface area contributed by atoms with Crippen LogP contribution in [0.1, 0.15) is 17.3 Å². The molecule has 0 bridgehead atoms. The molecule has 0 aliphatic carbocycles. The Balaban J connectivity index is 3.02. The number of hydrogen-bond donors (Lipinski definition) is 1. The van der Waals surface area contributed by atoms with Crippen molar-refractivity contribution in [2.24, 2.45) is 0 Å². The quantitative estimate of drug-likeness (QED) is 0.801. The first-order valence-electron chi connectivity index (χ1n) is 4.16. The van der Waals surface area contributed by atoms with E-state index >= 15 is 0 Å². The van der Waals surface area contributed by atoms with E-state index in [0.29, 0.717) is 0 Å². The number of ketones is 1. The molecule has 5 heteroatoms. The van der Waals surface area contributed by atoms with E-state index in [2.05, 4.69) is 0 Å². The van der Waals surface area contributed by atoms with Crippen LogP contribution < -0.4 is 4.74 Å². The highest BCUT2D eigenvalue weighted by Gasteiger charge is 2.13. The van der Waals surface area contributed by atoms with Gasteiger partial charge in [-0.2, -0.15) is 0 Å². The second-order valence-electron chi connectivity index (χ2n) is 2.86. The fourth-order valence-electron chi connectivity index (χ4n) is 1.07. The minimum atomic E-state index is -1.12. The predicted molar refractivity (Wildman–Crippen MR) is 54.6 cm³/mol. The maximum Gasteiger partial charge on any atom is 0.341 e. The second-order valence-corrected chi connectivity index (χ2v) is 3.26. The summed E-state index contributed by atoms with van der Waals surface area (Å²) < 4.78 is 4.94. The third-order valence-electron chi connectivity index (χ3n) is 1.69. The number of ether oxygens (including phenoxy) is 1. The van der Waals surface area contributed by atoms with Gasteiger partial charge in [0.15, 0.2) is 12.4 Å². The van der Waals surface area contributed by atoms with Gasteiger partial charge in [-0.3, -0.25) is 4.79 Å². The van der Waals surface area contributed by atoms with Gasteiger partial charge in [0.2, 0.25) is 0 Å². The lowest BCUT2D eigenvalue weighted by Gasteiger charge is -2.09. The van der Waals surface area contributed by atoms with Crippen LogP contribution >= 0.6 is 11.6 Å². The molecule has 0 atom stereocenters. The summed E-state index contributed by atoms with van der Waals surface area (Å²) in [4.78, 5) is 21.5. The molecule has 4 nitrogen and oxygen atoms in total. The maximum absolute atomic E-state index is 11.2. The Bertz CT molecular complexity index is 400. The highest BCUT2D eigenvalue weighted by Crippen LogP contribution is 2.28. The van der Waals surface area contributed by atoms with Gasteiger partial charge >= 0.3 is 5.97 Å². The summed E-state index contributed by atoms with van der Waals surface area (Å²) in [6, 6.07) is 4.67. The van der Waals surface area contributed by atoms with E-state index in [-0.39, 0.29) is 22.1 Å². The van der Waals surface area contributed by atoms with Crippen LogP contribution in [0.25, 0.3) is 0 Å². The molecule has 1 aromatic rings. The zero-order valence-electron chi connectivity index (χ0n) is 7.99. The number of hydrogen-bond acceptors (Lipinski definition) is 3. The third kappa shape index (κ3) is 2.95. The maximum atomic E-state index is 11.2. The number of carboxylic acids is 1. The van der Waals surface area contributed by atoms with Gasteiger partial charge < -0.3 is 9.84 Å². The van der Waals surface area contributed by atoms with Crippen LogP contribution in [0.15, 0.2) is 18.2 Å². The van der Waals surface area contributed by atoms with Crippen molar-refractivity contribution in [1.82, 2.24) is 0 Å². The molecular weight excluding hydrogens is 220 g/mol. The number of carboxylic acid groups (broad SMARTS) is 1. The summed E-state index contributed by atoms with van der Waals surface area (Å²) in [5.74, 6) is -1.23. The number of rotatable bonds is 4. The number of halogens is 1. The largest absolute Gasteiger partial charge is 0.480 e. The Morgan fingerprint density at radius 3 is 2.67 bits per heavy atom. The van der Waals surface area contributed by atoms with Crippen LogP contribution in [-0.4, -0.2) is 23.5 Å². The van der Waals surface area contributed by atoms with Crippen molar-refractivity contribution in [1.29, 1.82) is 0 Å². The van der Waals surface area contributed by atoms with Crippen LogP contribution in [-0.2, 0) is 4.79 Å². The SMILES string of the molecule is CC(=O)c1cccc(Cl)c1OCC(=O)O. The number of aliphatic carboxylic acids is 1. The predicted octanol–water partition coefficient (Wildman–Crippen LogP) is 2.01. The molecule has 80 valence electrons. The molecule has 0 aliphatic rings. The first-order chi connectivity index (χ1) is 7.02. The van der Waals surface area contributed by atoms with Crippen molar-refractivity contribution >= 4 is 23.4 Å². The Morgan fingerprint density at radius 2 is 2.13 bits per heavy atom. The van der Waals surface area contributed by atoms with Crippen LogP contribution in [0, 0.1) is 0 Å². The van der Waals surface area contributed by atoms with E-state index in [4.69, 9.17) is 21.4 Å². The molecule has 0 radical (unpaired) electrons. The number of para-hydroxylation sites is 1. The topological polar surface area (TPSA) is 63.6 Å². The molecule has 0 fully saturated rings. The fraction of sp³-hybridized carbons (Fsp3) is 0.200. The molecule has 0 aromatic heterocycles. The monoisotopic (exact) mass is 228 g/mol. The van der Waals surface area contributed by atoms with Crippen molar-refractivity contribution in [2.45, 2.75) is 6.92 Å². The summed E-state index contributed by atoms with van der Waals surface area (Å²) in [5.41, 5.74) is 0.281. The highest BCUT2D eigenvalue weighted by atomic mass is 35.5. The minimum Gasteiger partial charge on any atom is -0.480 e. The Hall–Kier alpha value is -1.55. The lowest BCUT2D eigenvalue weighted by atomic mass is 10.1. The Morgan fingerprint density at radius 1 is 1.47 bits per heavy atom. The normalized spacial score (nSPS) is 9.73. The van der Waals surface area contributed by atoms with E-state index in [1.807, 2.05) is 0 Å². The van der Waals surface area contributed by atoms with E-state index < -0.39 is 12.6 Å². The summed E-state index contributed by atoms with van der Waals surface area (Å²) in [5, 5.41) is 8.67. The Labute approximate surface area is 91.4 Å². The van der Waals surface area contributed by atoms with E-state index in [1.165, 1.54) is 19.1 Å². The smallest absolute Gasteiger partial charge is 0.341 e. The molecule has 1 rings (SSSR count). The van der Waals surface area contributed by atoms with Gasteiger partial charge in [0, 0.05) is 0 Å². The van der Waals surface area contributed by atoms with Crippen molar-refractivity contribution in [2.75, 3.05) is 6.61 Å². The lowest BCUT2D eigenvalue weighted by molar-refractivity contribution is -0.139. The molecule has 0 amide bonds. The average Bonchev–Trinajstić information content (AvgIpc) is 2.15. The Kier molecular flexibility index (Phi) is 3.68. The van der Waals surface area contributed by atoms with Crippen molar-refractivity contribution in [3.05, 3.63) is 28.8 Å². The summed E-state index contributed by atoms with van der Waals surface area (Å²) in [6.07, 6.45) is 0. The second kappa shape index (κ2) is 4.79. The zero-order chi connectivity index (χ0) is 11.4. The summed E-state index contributed by atoms with van der Waals surface area (Å²) >= 11 is 5.79. The zero-order valence-corrected chi connectivity index (χ0v) is 8.75. The highest BCUT2D eigenvalue weighted by molar-refractivity contribution is 6.32. The van der Waals surface area contributed by atoms with E-state index in [9.17, 15) is 9.59 Å². The average molecular weight is 229 g/mol. The van der Waals surface area contributed by atoms with Gasteiger partial charge in [0.1, 0.15) is 5.75 Å². The molecule has 0 spiro atoms. The number of benzene rings is 1. The van der Waals surface area contributed by atoms with Crippen molar-refractivity contribution in [3.63, 3.8) is 0 Å². The number of carbonyl (C=O) groups is 2. The van der Waals surface area contributed by atoms with Crippen LogP contribution in [0.5, 0.6) is 5.75 Å². The van der Waals surface area contributed by atoms with E-state index in [0.717, 1.165) is 0 Å². The van der Waals surface area contributed by atoms with Gasteiger partial charge in [0.25, 0.3) is 0 Å². The standard InChI is InChI=1S/C10H9ClO4/c1-6(12)7-3-2-4-8(11)10(7)15-5-9(13)14/h2-4H,5H2,1H3,(H,13,14). The van der Waals surface area contributed by atoms with Crippen LogP contribution in [0.3, 0.4) is 0 Å². The molecule has 0 saturated heterocycles. The van der Waals surface area contributed by atoms with Gasteiger partial charge in [-0.1, -0.05) is 17.7 Å². The van der Waals surface area contributed by atoms with Gasteiger partial charge in [-0.15, -0.1) is 0 Å². The lowest BCUT2D eigenvalue weighted by Crippen LogP contribution is -2.11. The van der Waals surface area contributed by atoms with Gasteiger partial charge in [-0.25, -0.2) is 4.79 Å². The molecule has 1 aromatic carbocycles. The summed E-state index contributed by atoms with van der Waals surface area (Å²) in [6.45, 7) is 0.837. The molecule has 0 unspecified atom stereocenters. The molecule has 0 heterocycles. The van der Waals surface area contributed by atoms with Crippen molar-refractivity contribution < 1.29 is 19.4 Å². The fourth-order valence-corrected chi connectivity index (χ4v) is 1.30. The molecule has 0 aliphatic heterocycles. The van der Waals surface area contributed by atoms with E-state index in [1.54, 1.807) is 6.07 Å². The summed E-state index contributed by atoms with van der Waals surface area (Å²) in [7, 11) is 0. The molecule has 0 saturated carbocycles. The molecule has 15 heavy (non-hydrogen) atoms. The van der Waals surface area contributed by atoms with Crippen LogP contribution in [0.4, 0.5) is 0 Å². The first kappa shape index (κ1) is 11.5. The number of Topliss-reactive ketones (excluding diaryl/α,β-unsaturated/α-hetero) is 1. The van der Waals surface area contributed by atoms with Crippen LogP contribution in [0.2, 0.25) is 5.02 Å². The number of carbonyl (C=O) groups excluding carboxylic acids is 1. The van der Waals surface area contributed by atoms with Gasteiger partial charge in [0.05, 0.1) is 10.6 Å². The molecule has 1 N–H and O–H groups in total. The van der Waals surface area contributed by atoms with Crippen molar-refractivity contribution in [3.8, 4) is 5.75 Å². The third-order valence-corrected chi connectivity index (χ3v) is 1.98. The first-order valence-corrected chi connectivity index (χ1v) is 4.54. The molecular formula is C10H9ClO4. The minimum absolute atomic E-state index is 0.120.